The highest BCUT2D eigenvalue weighted by molar-refractivity contribution is 6.03. The summed E-state index contributed by atoms with van der Waals surface area (Å²) in [4.78, 5) is 35.6. The highest BCUT2D eigenvalue weighted by Crippen LogP contribution is 2.33. The van der Waals surface area contributed by atoms with Gasteiger partial charge in [-0.15, -0.1) is 0 Å². The monoisotopic (exact) mass is 368 g/mol. The second-order valence-electron chi connectivity index (χ2n) is 5.20. The maximum Gasteiger partial charge on any atom is 0.343 e. The van der Waals surface area contributed by atoms with Crippen LogP contribution in [-0.2, 0) is 9.53 Å². The number of nitrogens with zero attached hydrogens (tertiary/aromatic N) is 1. The number of esters is 1. The summed E-state index contributed by atoms with van der Waals surface area (Å²) in [5.41, 5.74) is 0.816. The van der Waals surface area contributed by atoms with Crippen LogP contribution in [0.15, 0.2) is 36.4 Å². The van der Waals surface area contributed by atoms with Crippen molar-refractivity contribution in [2.75, 3.05) is 26.1 Å². The number of hydrogen-bond acceptors (Lipinski definition) is 7. The Morgan fingerprint density at radius 2 is 1.81 bits per heavy atom. The van der Waals surface area contributed by atoms with Gasteiger partial charge in [0.1, 0.15) is 5.56 Å². The van der Waals surface area contributed by atoms with Gasteiger partial charge in [-0.25, -0.2) is 4.79 Å². The van der Waals surface area contributed by atoms with E-state index in [-0.39, 0.29) is 22.6 Å². The lowest BCUT2D eigenvalue weighted by Crippen LogP contribution is -2.21. The van der Waals surface area contributed by atoms with Crippen molar-refractivity contribution in [3.8, 4) is 17.6 Å². The molecule has 0 bridgehead atoms. The molecule has 0 aliphatic heterocycles. The van der Waals surface area contributed by atoms with Crippen LogP contribution in [0.25, 0.3) is 0 Å². The number of anilines is 1. The topological polar surface area (TPSA) is 115 Å². The Bertz CT molecular complexity index is 900. The van der Waals surface area contributed by atoms with Crippen molar-refractivity contribution in [1.82, 2.24) is 0 Å². The highest BCUT2D eigenvalue weighted by atomic mass is 16.5. The summed E-state index contributed by atoms with van der Waals surface area (Å²) in [7, 11) is 2.71. The number of ether oxygens (including phenoxy) is 3. The Balaban J connectivity index is 2.09. The molecule has 8 heteroatoms. The van der Waals surface area contributed by atoms with Gasteiger partial charge in [-0.1, -0.05) is 0 Å². The minimum absolute atomic E-state index is 0.0413. The number of aldehydes is 1. The second-order valence-corrected chi connectivity index (χ2v) is 5.20. The zero-order valence-electron chi connectivity index (χ0n) is 14.6. The molecule has 27 heavy (non-hydrogen) atoms. The Hall–Kier alpha value is -3.86. The van der Waals surface area contributed by atoms with Crippen LogP contribution in [0, 0.1) is 11.3 Å². The van der Waals surface area contributed by atoms with E-state index in [1.54, 1.807) is 24.3 Å². The Kier molecular flexibility index (Phi) is 6.49. The molecule has 0 radical (unpaired) electrons. The zero-order valence-corrected chi connectivity index (χ0v) is 14.6. The number of carbonyl (C=O) groups excluding carboxylic acids is 3. The first-order valence-electron chi connectivity index (χ1n) is 7.71. The van der Waals surface area contributed by atoms with E-state index in [0.717, 1.165) is 0 Å². The van der Waals surface area contributed by atoms with Crippen molar-refractivity contribution in [1.29, 1.82) is 5.26 Å². The Morgan fingerprint density at radius 3 is 2.37 bits per heavy atom. The average Bonchev–Trinajstić information content (AvgIpc) is 2.71. The summed E-state index contributed by atoms with van der Waals surface area (Å²) >= 11 is 0. The summed E-state index contributed by atoms with van der Waals surface area (Å²) in [6.45, 7) is -0.572. The second kappa shape index (κ2) is 9.01. The number of benzene rings is 2. The van der Waals surface area contributed by atoms with Crippen LogP contribution < -0.4 is 14.8 Å². The van der Waals surface area contributed by atoms with E-state index < -0.39 is 18.5 Å². The summed E-state index contributed by atoms with van der Waals surface area (Å²) in [5.74, 6) is -1.19. The SMILES string of the molecule is COc1ccc(C=O)c(C(=O)OCC(=O)Nc2ccc(C#N)cc2)c1OC. The molecule has 0 unspecified atom stereocenters. The molecule has 2 rings (SSSR count). The molecule has 0 saturated carbocycles. The molecule has 0 aromatic heterocycles. The normalized spacial score (nSPS) is 9.67. The van der Waals surface area contributed by atoms with Gasteiger partial charge in [-0.3, -0.25) is 9.59 Å². The van der Waals surface area contributed by atoms with Crippen LogP contribution in [0.4, 0.5) is 5.69 Å². The van der Waals surface area contributed by atoms with Crippen molar-refractivity contribution >= 4 is 23.9 Å². The van der Waals surface area contributed by atoms with E-state index in [4.69, 9.17) is 19.5 Å². The first-order chi connectivity index (χ1) is 13.0. The summed E-state index contributed by atoms with van der Waals surface area (Å²) in [5, 5.41) is 11.3. The molecule has 0 aliphatic carbocycles. The van der Waals surface area contributed by atoms with Crippen LogP contribution >= 0.6 is 0 Å². The molecule has 0 fully saturated rings. The van der Waals surface area contributed by atoms with Gasteiger partial charge < -0.3 is 19.5 Å². The number of nitriles is 1. The summed E-state index contributed by atoms with van der Waals surface area (Å²) < 4.78 is 15.2. The van der Waals surface area contributed by atoms with E-state index in [0.29, 0.717) is 17.5 Å². The fourth-order valence-corrected chi connectivity index (χ4v) is 2.28. The molecule has 0 saturated heterocycles. The molecule has 0 heterocycles. The molecule has 1 amide bonds. The van der Waals surface area contributed by atoms with Gasteiger partial charge in [-0.05, 0) is 36.4 Å². The van der Waals surface area contributed by atoms with Gasteiger partial charge in [0.05, 0.1) is 25.9 Å². The number of methoxy groups -OCH3 is 2. The first kappa shape index (κ1) is 19.5. The lowest BCUT2D eigenvalue weighted by atomic mass is 10.1. The van der Waals surface area contributed by atoms with Gasteiger partial charge in [0.15, 0.2) is 24.4 Å². The number of carbonyl (C=O) groups is 3. The molecule has 0 aliphatic rings. The minimum Gasteiger partial charge on any atom is -0.493 e. The minimum atomic E-state index is -0.900. The number of amides is 1. The third-order valence-corrected chi connectivity index (χ3v) is 3.54. The highest BCUT2D eigenvalue weighted by Gasteiger charge is 2.23. The van der Waals surface area contributed by atoms with E-state index in [2.05, 4.69) is 5.32 Å². The fourth-order valence-electron chi connectivity index (χ4n) is 2.28. The van der Waals surface area contributed by atoms with Crippen LogP contribution in [0.3, 0.4) is 0 Å². The average molecular weight is 368 g/mol. The third-order valence-electron chi connectivity index (χ3n) is 3.54. The molecule has 1 N–H and O–H groups in total. The van der Waals surface area contributed by atoms with Crippen molar-refractivity contribution in [3.63, 3.8) is 0 Å². The van der Waals surface area contributed by atoms with E-state index in [1.165, 1.54) is 26.4 Å². The summed E-state index contributed by atoms with van der Waals surface area (Å²) in [6, 6.07) is 11.0. The van der Waals surface area contributed by atoms with Crippen LogP contribution in [-0.4, -0.2) is 39.0 Å². The molecular weight excluding hydrogens is 352 g/mol. The first-order valence-corrected chi connectivity index (χ1v) is 7.71. The molecular formula is C19H16N2O6. The molecule has 0 atom stereocenters. The van der Waals surface area contributed by atoms with E-state index in [1.807, 2.05) is 6.07 Å². The van der Waals surface area contributed by atoms with Gasteiger partial charge in [0.25, 0.3) is 5.91 Å². The quantitative estimate of drug-likeness (QED) is 0.588. The molecule has 138 valence electrons. The van der Waals surface area contributed by atoms with Crippen molar-refractivity contribution in [3.05, 3.63) is 53.1 Å². The van der Waals surface area contributed by atoms with Crippen molar-refractivity contribution < 1.29 is 28.6 Å². The Labute approximate surface area is 155 Å². The third kappa shape index (κ3) is 4.61. The lowest BCUT2D eigenvalue weighted by Gasteiger charge is -2.14. The van der Waals surface area contributed by atoms with Gasteiger partial charge in [0, 0.05) is 11.3 Å². The molecule has 2 aromatic carbocycles. The molecule has 0 spiro atoms. The largest absolute Gasteiger partial charge is 0.493 e. The van der Waals surface area contributed by atoms with Crippen molar-refractivity contribution in [2.24, 2.45) is 0 Å². The predicted octanol–water partition coefficient (Wildman–Crippen LogP) is 2.18. The smallest absolute Gasteiger partial charge is 0.343 e. The number of hydrogen-bond donors (Lipinski definition) is 1. The van der Waals surface area contributed by atoms with Gasteiger partial charge in [0.2, 0.25) is 0 Å². The van der Waals surface area contributed by atoms with E-state index >= 15 is 0 Å². The standard InChI is InChI=1S/C19H16N2O6/c1-25-15-8-5-13(10-22)17(18(15)26-2)19(24)27-11-16(23)21-14-6-3-12(9-20)4-7-14/h3-8,10H,11H2,1-2H3,(H,21,23). The van der Waals surface area contributed by atoms with Crippen LogP contribution in [0.5, 0.6) is 11.5 Å². The van der Waals surface area contributed by atoms with Gasteiger partial charge in [-0.2, -0.15) is 5.26 Å². The number of nitrogens with one attached hydrogen (secondary N) is 1. The number of rotatable bonds is 7. The zero-order chi connectivity index (χ0) is 19.8. The summed E-state index contributed by atoms with van der Waals surface area (Å²) in [6.07, 6.45) is 0.482. The maximum absolute atomic E-state index is 12.4. The molecule has 2 aromatic rings. The maximum atomic E-state index is 12.4. The fraction of sp³-hybridized carbons (Fsp3) is 0.158. The van der Waals surface area contributed by atoms with Gasteiger partial charge >= 0.3 is 5.97 Å². The molecule has 8 nitrogen and oxygen atoms in total. The Morgan fingerprint density at radius 1 is 1.11 bits per heavy atom. The van der Waals surface area contributed by atoms with Crippen molar-refractivity contribution in [2.45, 2.75) is 0 Å². The lowest BCUT2D eigenvalue weighted by molar-refractivity contribution is -0.119. The predicted molar refractivity (Wildman–Crippen MR) is 95.0 cm³/mol. The van der Waals surface area contributed by atoms with E-state index in [9.17, 15) is 14.4 Å². The van der Waals surface area contributed by atoms with Crippen LogP contribution in [0.1, 0.15) is 26.3 Å². The van der Waals surface area contributed by atoms with Crippen LogP contribution in [0.2, 0.25) is 0 Å².